The molecule has 0 bridgehead atoms. The van der Waals surface area contributed by atoms with Crippen LogP contribution in [0.1, 0.15) is 117 Å². The Hall–Kier alpha value is -0.480. The van der Waals surface area contributed by atoms with Crippen LogP contribution < -0.4 is 0 Å². The summed E-state index contributed by atoms with van der Waals surface area (Å²) in [4.78, 5) is 0. The van der Waals surface area contributed by atoms with Gasteiger partial charge in [0.25, 0.3) is 0 Å². The lowest BCUT2D eigenvalue weighted by atomic mass is 10.0. The second-order valence-corrected chi connectivity index (χ2v) is 6.64. The van der Waals surface area contributed by atoms with Gasteiger partial charge in [-0.2, -0.15) is 0 Å². The average molecular weight is 309 g/mol. The molecule has 0 saturated carbocycles. The smallest absolute Gasteiger partial charge is 0.0649 e. The number of aliphatic hydroxyl groups excluding tert-OH is 1. The molecule has 0 amide bonds. The van der Waals surface area contributed by atoms with Crippen molar-refractivity contribution in [1.29, 1.82) is 0 Å². The Labute approximate surface area is 140 Å². The zero-order chi connectivity index (χ0) is 16.3. The van der Waals surface area contributed by atoms with E-state index in [9.17, 15) is 5.11 Å². The van der Waals surface area contributed by atoms with Crippen molar-refractivity contribution in [1.82, 2.24) is 0 Å². The highest BCUT2D eigenvalue weighted by Crippen LogP contribution is 2.12. The van der Waals surface area contributed by atoms with Crippen LogP contribution in [0.5, 0.6) is 0 Å². The van der Waals surface area contributed by atoms with Crippen LogP contribution in [0, 0.1) is 11.8 Å². The second kappa shape index (κ2) is 18.6. The molecule has 0 fully saturated rings. The summed E-state index contributed by atoms with van der Waals surface area (Å²) in [5.41, 5.74) is 0. The number of aliphatic hydroxyl groups is 1. The van der Waals surface area contributed by atoms with Crippen LogP contribution in [0.25, 0.3) is 0 Å². The summed E-state index contributed by atoms with van der Waals surface area (Å²) >= 11 is 0. The maximum absolute atomic E-state index is 9.87. The van der Waals surface area contributed by atoms with Crippen molar-refractivity contribution in [2.45, 2.75) is 123 Å². The Balaban J connectivity index is 3.22. The van der Waals surface area contributed by atoms with Crippen molar-refractivity contribution in [2.75, 3.05) is 0 Å². The third-order valence-electron chi connectivity index (χ3n) is 4.26. The lowest BCUT2D eigenvalue weighted by molar-refractivity contribution is 0.166. The molecule has 1 nitrogen and oxygen atoms in total. The molecule has 130 valence electrons. The maximum Gasteiger partial charge on any atom is 0.0649 e. The summed E-state index contributed by atoms with van der Waals surface area (Å²) in [6, 6.07) is 0. The van der Waals surface area contributed by atoms with Crippen LogP contribution in [0.15, 0.2) is 0 Å². The van der Waals surface area contributed by atoms with Crippen LogP contribution >= 0.6 is 0 Å². The Morgan fingerprint density at radius 2 is 1.14 bits per heavy atom. The molecule has 0 aromatic rings. The van der Waals surface area contributed by atoms with Crippen molar-refractivity contribution in [2.24, 2.45) is 0 Å². The van der Waals surface area contributed by atoms with E-state index in [0.717, 1.165) is 19.3 Å². The van der Waals surface area contributed by atoms with E-state index in [1.165, 1.54) is 77.0 Å². The molecule has 22 heavy (non-hydrogen) atoms. The molecule has 1 unspecified atom stereocenters. The summed E-state index contributed by atoms with van der Waals surface area (Å²) in [6.45, 7) is 4.48. The van der Waals surface area contributed by atoms with Gasteiger partial charge in [0.05, 0.1) is 6.10 Å². The lowest BCUT2D eigenvalue weighted by Gasteiger charge is -2.06. The number of unbranched alkanes of at least 4 members (excludes halogenated alkanes) is 12. The Morgan fingerprint density at radius 1 is 0.636 bits per heavy atom. The van der Waals surface area contributed by atoms with Gasteiger partial charge in [0.2, 0.25) is 0 Å². The molecule has 0 spiro atoms. The fourth-order valence-corrected chi connectivity index (χ4v) is 2.71. The van der Waals surface area contributed by atoms with Gasteiger partial charge in [-0.25, -0.2) is 0 Å². The summed E-state index contributed by atoms with van der Waals surface area (Å²) in [5, 5.41) is 9.87. The molecule has 0 saturated heterocycles. The molecule has 1 heteroatoms. The van der Waals surface area contributed by atoms with Crippen molar-refractivity contribution >= 4 is 0 Å². The fraction of sp³-hybridized carbons (Fsp3) is 0.905. The topological polar surface area (TPSA) is 20.2 Å². The zero-order valence-electron chi connectivity index (χ0n) is 15.3. The summed E-state index contributed by atoms with van der Waals surface area (Å²) in [7, 11) is 0. The predicted molar refractivity (Wildman–Crippen MR) is 99.0 cm³/mol. The third kappa shape index (κ3) is 17.6. The average Bonchev–Trinajstić information content (AvgIpc) is 2.52. The highest BCUT2D eigenvalue weighted by Gasteiger charge is 2.01. The molecule has 0 aromatic heterocycles. The molecular formula is C21H40O. The van der Waals surface area contributed by atoms with E-state index >= 15 is 0 Å². The molecule has 0 rings (SSSR count). The minimum absolute atomic E-state index is 0.201. The minimum atomic E-state index is -0.201. The van der Waals surface area contributed by atoms with E-state index < -0.39 is 0 Å². The molecule has 0 aromatic carbocycles. The van der Waals surface area contributed by atoms with Crippen LogP contribution in [0.4, 0.5) is 0 Å². The lowest BCUT2D eigenvalue weighted by Crippen LogP contribution is -2.04. The Bertz CT molecular complexity index is 261. The minimum Gasteiger partial charge on any atom is -0.392 e. The monoisotopic (exact) mass is 308 g/mol. The van der Waals surface area contributed by atoms with E-state index in [0.29, 0.717) is 6.42 Å². The SMILES string of the molecule is CCCCCC#CCC(O)CCCCCCCCCCCC. The first-order valence-electron chi connectivity index (χ1n) is 9.95. The molecule has 0 aliphatic rings. The van der Waals surface area contributed by atoms with Gasteiger partial charge in [0.15, 0.2) is 0 Å². The van der Waals surface area contributed by atoms with Gasteiger partial charge in [-0.3, -0.25) is 0 Å². The predicted octanol–water partition coefficient (Wildman–Crippen LogP) is 6.63. The fourth-order valence-electron chi connectivity index (χ4n) is 2.71. The van der Waals surface area contributed by atoms with Crippen molar-refractivity contribution in [3.8, 4) is 11.8 Å². The summed E-state index contributed by atoms with van der Waals surface area (Å²) < 4.78 is 0. The van der Waals surface area contributed by atoms with Gasteiger partial charge in [-0.1, -0.05) is 90.9 Å². The zero-order valence-corrected chi connectivity index (χ0v) is 15.3. The first kappa shape index (κ1) is 21.5. The van der Waals surface area contributed by atoms with Crippen LogP contribution in [0.3, 0.4) is 0 Å². The van der Waals surface area contributed by atoms with Gasteiger partial charge < -0.3 is 5.11 Å². The molecule has 0 aliphatic carbocycles. The second-order valence-electron chi connectivity index (χ2n) is 6.64. The Morgan fingerprint density at radius 3 is 1.73 bits per heavy atom. The van der Waals surface area contributed by atoms with Gasteiger partial charge in [-0.05, 0) is 12.8 Å². The third-order valence-corrected chi connectivity index (χ3v) is 4.26. The molecule has 0 aliphatic heterocycles. The number of rotatable bonds is 15. The van der Waals surface area contributed by atoms with Crippen LogP contribution in [-0.4, -0.2) is 11.2 Å². The van der Waals surface area contributed by atoms with Crippen LogP contribution in [-0.2, 0) is 0 Å². The number of hydrogen-bond donors (Lipinski definition) is 1. The molecule has 0 heterocycles. The summed E-state index contributed by atoms with van der Waals surface area (Å²) in [6.07, 6.45) is 19.7. The van der Waals surface area contributed by atoms with Crippen molar-refractivity contribution in [3.63, 3.8) is 0 Å². The van der Waals surface area contributed by atoms with E-state index in [-0.39, 0.29) is 6.10 Å². The van der Waals surface area contributed by atoms with Gasteiger partial charge >= 0.3 is 0 Å². The van der Waals surface area contributed by atoms with Crippen LogP contribution in [0.2, 0.25) is 0 Å². The molecular weight excluding hydrogens is 268 g/mol. The van der Waals surface area contributed by atoms with E-state index in [1.54, 1.807) is 0 Å². The normalized spacial score (nSPS) is 12.0. The van der Waals surface area contributed by atoms with Crippen molar-refractivity contribution in [3.05, 3.63) is 0 Å². The van der Waals surface area contributed by atoms with E-state index in [1.807, 2.05) is 0 Å². The highest BCUT2D eigenvalue weighted by molar-refractivity contribution is 5.00. The van der Waals surface area contributed by atoms with Gasteiger partial charge in [-0.15, -0.1) is 11.8 Å². The van der Waals surface area contributed by atoms with Crippen molar-refractivity contribution < 1.29 is 5.11 Å². The molecule has 1 atom stereocenters. The Kier molecular flexibility index (Phi) is 18.2. The molecule has 1 N–H and O–H groups in total. The van der Waals surface area contributed by atoms with Gasteiger partial charge in [0, 0.05) is 12.8 Å². The highest BCUT2D eigenvalue weighted by atomic mass is 16.3. The first-order chi connectivity index (χ1) is 10.8. The largest absolute Gasteiger partial charge is 0.392 e. The maximum atomic E-state index is 9.87. The molecule has 0 radical (unpaired) electrons. The number of hydrogen-bond acceptors (Lipinski definition) is 1. The standard InChI is InChI=1S/C21H40O/c1-3-5-7-9-11-12-13-14-16-18-20-21(22)19-17-15-10-8-6-4-2/h21-22H,3-14,16,18-20H2,1-2H3. The summed E-state index contributed by atoms with van der Waals surface area (Å²) in [5.74, 6) is 6.31. The van der Waals surface area contributed by atoms with E-state index in [4.69, 9.17) is 0 Å². The van der Waals surface area contributed by atoms with E-state index in [2.05, 4.69) is 25.7 Å². The van der Waals surface area contributed by atoms with Gasteiger partial charge in [0.1, 0.15) is 0 Å². The quantitative estimate of drug-likeness (QED) is 0.266. The first-order valence-corrected chi connectivity index (χ1v) is 9.95.